The molecule has 1 aromatic carbocycles. The SMILES string of the molecule is COc1ccccc1S(=O)(=O)Nc1cc(C)c(C(=O)O)s1. The van der Waals surface area contributed by atoms with Crippen LogP contribution in [0, 0.1) is 6.92 Å². The molecule has 1 aromatic heterocycles. The van der Waals surface area contributed by atoms with Crippen LogP contribution < -0.4 is 9.46 Å². The second-order valence-electron chi connectivity index (χ2n) is 4.18. The standard InChI is InChI=1S/C13H13NO5S2/c1-8-7-11(20-12(8)13(15)16)14-21(17,18)10-6-4-3-5-9(10)19-2/h3-7,14H,1-2H3,(H,15,16). The van der Waals surface area contributed by atoms with Crippen molar-refractivity contribution in [3.63, 3.8) is 0 Å². The summed E-state index contributed by atoms with van der Waals surface area (Å²) in [5.74, 6) is -0.864. The van der Waals surface area contributed by atoms with E-state index in [1.165, 1.54) is 25.3 Å². The number of benzene rings is 1. The van der Waals surface area contributed by atoms with Crippen molar-refractivity contribution in [3.05, 3.63) is 40.8 Å². The molecule has 0 aliphatic carbocycles. The molecular formula is C13H13NO5S2. The highest BCUT2D eigenvalue weighted by molar-refractivity contribution is 7.93. The molecule has 0 amide bonds. The third kappa shape index (κ3) is 3.17. The van der Waals surface area contributed by atoms with Gasteiger partial charge in [0, 0.05) is 0 Å². The maximum Gasteiger partial charge on any atom is 0.346 e. The first-order chi connectivity index (χ1) is 9.85. The smallest absolute Gasteiger partial charge is 0.346 e. The van der Waals surface area contributed by atoms with Gasteiger partial charge in [-0.1, -0.05) is 12.1 Å². The van der Waals surface area contributed by atoms with Crippen LogP contribution in [0.4, 0.5) is 5.00 Å². The second-order valence-corrected chi connectivity index (χ2v) is 6.89. The van der Waals surface area contributed by atoms with Crippen LogP contribution in [0.25, 0.3) is 0 Å². The number of aromatic carboxylic acids is 1. The van der Waals surface area contributed by atoms with Crippen molar-refractivity contribution < 1.29 is 23.1 Å². The van der Waals surface area contributed by atoms with E-state index in [0.717, 1.165) is 11.3 Å². The zero-order valence-electron chi connectivity index (χ0n) is 11.3. The van der Waals surface area contributed by atoms with Gasteiger partial charge in [0.15, 0.2) is 0 Å². The van der Waals surface area contributed by atoms with Crippen LogP contribution in [0.5, 0.6) is 5.75 Å². The summed E-state index contributed by atoms with van der Waals surface area (Å²) in [5.41, 5.74) is 0.505. The van der Waals surface area contributed by atoms with Crippen LogP contribution in [-0.2, 0) is 10.0 Å². The van der Waals surface area contributed by atoms with Gasteiger partial charge in [-0.2, -0.15) is 0 Å². The number of rotatable bonds is 5. The van der Waals surface area contributed by atoms with E-state index >= 15 is 0 Å². The Labute approximate surface area is 126 Å². The average Bonchev–Trinajstić information content (AvgIpc) is 2.79. The van der Waals surface area contributed by atoms with E-state index in [1.54, 1.807) is 19.1 Å². The molecule has 0 atom stereocenters. The Morgan fingerprint density at radius 3 is 2.57 bits per heavy atom. The summed E-state index contributed by atoms with van der Waals surface area (Å²) in [6.45, 7) is 1.61. The molecule has 0 bridgehead atoms. The average molecular weight is 327 g/mol. The summed E-state index contributed by atoms with van der Waals surface area (Å²) in [6, 6.07) is 7.69. The van der Waals surface area contributed by atoms with Crippen LogP contribution in [-0.4, -0.2) is 26.6 Å². The molecule has 0 saturated heterocycles. The highest BCUT2D eigenvalue weighted by atomic mass is 32.2. The van der Waals surface area contributed by atoms with Crippen LogP contribution >= 0.6 is 11.3 Å². The molecule has 2 N–H and O–H groups in total. The number of carboxylic acid groups (broad SMARTS) is 1. The second kappa shape index (κ2) is 5.74. The van der Waals surface area contributed by atoms with Gasteiger partial charge in [-0.15, -0.1) is 11.3 Å². The molecule has 8 heteroatoms. The van der Waals surface area contributed by atoms with E-state index in [0.29, 0.717) is 5.56 Å². The summed E-state index contributed by atoms with van der Waals surface area (Å²) in [5, 5.41) is 9.24. The van der Waals surface area contributed by atoms with E-state index in [2.05, 4.69) is 4.72 Å². The van der Waals surface area contributed by atoms with Crippen molar-refractivity contribution in [2.45, 2.75) is 11.8 Å². The first-order valence-electron chi connectivity index (χ1n) is 5.84. The molecule has 0 aliphatic heterocycles. The molecule has 6 nitrogen and oxygen atoms in total. The number of para-hydroxylation sites is 1. The van der Waals surface area contributed by atoms with Crippen LogP contribution in [0.1, 0.15) is 15.2 Å². The van der Waals surface area contributed by atoms with Crippen molar-refractivity contribution >= 4 is 32.3 Å². The van der Waals surface area contributed by atoms with Crippen molar-refractivity contribution in [1.29, 1.82) is 0 Å². The predicted octanol–water partition coefficient (Wildman–Crippen LogP) is 2.56. The molecule has 0 fully saturated rings. The van der Waals surface area contributed by atoms with Gasteiger partial charge in [-0.3, -0.25) is 4.72 Å². The minimum atomic E-state index is -3.84. The van der Waals surface area contributed by atoms with E-state index in [4.69, 9.17) is 9.84 Å². The molecule has 0 aliphatic rings. The van der Waals surface area contributed by atoms with Gasteiger partial charge in [0.05, 0.1) is 7.11 Å². The Morgan fingerprint density at radius 1 is 1.33 bits per heavy atom. The highest BCUT2D eigenvalue weighted by Gasteiger charge is 2.21. The Balaban J connectivity index is 2.38. The van der Waals surface area contributed by atoms with Crippen LogP contribution in [0.3, 0.4) is 0 Å². The molecule has 1 heterocycles. The number of carboxylic acids is 1. The summed E-state index contributed by atoms with van der Waals surface area (Å²) in [7, 11) is -2.46. The number of hydrogen-bond acceptors (Lipinski definition) is 5. The van der Waals surface area contributed by atoms with Gasteiger partial charge in [0.25, 0.3) is 10.0 Å². The molecule has 112 valence electrons. The summed E-state index contributed by atoms with van der Waals surface area (Å²) >= 11 is 0.872. The predicted molar refractivity (Wildman–Crippen MR) is 79.8 cm³/mol. The molecule has 0 saturated carbocycles. The van der Waals surface area contributed by atoms with Crippen molar-refractivity contribution in [1.82, 2.24) is 0 Å². The lowest BCUT2D eigenvalue weighted by Gasteiger charge is -2.09. The Morgan fingerprint density at radius 2 is 2.00 bits per heavy atom. The van der Waals surface area contributed by atoms with Crippen molar-refractivity contribution in [2.75, 3.05) is 11.8 Å². The first-order valence-corrected chi connectivity index (χ1v) is 8.14. The number of anilines is 1. The number of thiophene rings is 1. The minimum Gasteiger partial charge on any atom is -0.495 e. The summed E-state index contributed by atoms with van der Waals surface area (Å²) in [6.07, 6.45) is 0. The third-order valence-corrected chi connectivity index (χ3v) is 5.38. The zero-order valence-corrected chi connectivity index (χ0v) is 12.9. The summed E-state index contributed by atoms with van der Waals surface area (Å²) < 4.78 is 32.1. The van der Waals surface area contributed by atoms with E-state index in [1.807, 2.05) is 0 Å². The Hall–Kier alpha value is -2.06. The Bertz CT molecular complexity index is 780. The number of ether oxygens (including phenoxy) is 1. The number of carbonyl (C=O) groups is 1. The maximum absolute atomic E-state index is 12.3. The fraction of sp³-hybridized carbons (Fsp3) is 0.154. The number of aryl methyl sites for hydroxylation is 1. The molecule has 0 spiro atoms. The van der Waals surface area contributed by atoms with Crippen molar-refractivity contribution in [3.8, 4) is 5.75 Å². The van der Waals surface area contributed by atoms with Gasteiger partial charge in [-0.05, 0) is 30.7 Å². The van der Waals surface area contributed by atoms with Gasteiger partial charge in [0.2, 0.25) is 0 Å². The zero-order chi connectivity index (χ0) is 15.6. The third-order valence-electron chi connectivity index (χ3n) is 2.71. The largest absolute Gasteiger partial charge is 0.495 e. The van der Waals surface area contributed by atoms with E-state index < -0.39 is 16.0 Å². The molecule has 2 aromatic rings. The molecule has 0 unspecified atom stereocenters. The summed E-state index contributed by atoms with van der Waals surface area (Å²) in [4.78, 5) is 11.1. The lowest BCUT2D eigenvalue weighted by Crippen LogP contribution is -2.13. The van der Waals surface area contributed by atoms with Gasteiger partial charge < -0.3 is 9.84 Å². The van der Waals surface area contributed by atoms with Crippen LogP contribution in [0.15, 0.2) is 35.2 Å². The molecule has 0 radical (unpaired) electrons. The Kier molecular flexibility index (Phi) is 4.19. The lowest BCUT2D eigenvalue weighted by molar-refractivity contribution is 0.0701. The fourth-order valence-electron chi connectivity index (χ4n) is 1.77. The number of nitrogens with one attached hydrogen (secondary N) is 1. The molecule has 21 heavy (non-hydrogen) atoms. The quantitative estimate of drug-likeness (QED) is 0.880. The molecule has 2 rings (SSSR count). The van der Waals surface area contributed by atoms with E-state index in [9.17, 15) is 13.2 Å². The normalized spacial score (nSPS) is 11.1. The number of hydrogen-bond donors (Lipinski definition) is 2. The lowest BCUT2D eigenvalue weighted by atomic mass is 10.3. The van der Waals surface area contributed by atoms with Gasteiger partial charge in [0.1, 0.15) is 20.5 Å². The number of sulfonamides is 1. The topological polar surface area (TPSA) is 92.7 Å². The highest BCUT2D eigenvalue weighted by Crippen LogP contribution is 2.30. The van der Waals surface area contributed by atoms with Crippen molar-refractivity contribution in [2.24, 2.45) is 0 Å². The minimum absolute atomic E-state index is 0.00423. The maximum atomic E-state index is 12.3. The number of methoxy groups -OCH3 is 1. The van der Waals surface area contributed by atoms with Gasteiger partial charge in [-0.25, -0.2) is 13.2 Å². The van der Waals surface area contributed by atoms with Gasteiger partial charge >= 0.3 is 5.97 Å². The monoisotopic (exact) mass is 327 g/mol. The van der Waals surface area contributed by atoms with Crippen LogP contribution in [0.2, 0.25) is 0 Å². The first kappa shape index (κ1) is 15.3. The molecular weight excluding hydrogens is 314 g/mol. The van der Waals surface area contributed by atoms with E-state index in [-0.39, 0.29) is 20.5 Å². The fourth-order valence-corrected chi connectivity index (χ4v) is 4.14.